The van der Waals surface area contributed by atoms with Gasteiger partial charge in [-0.05, 0) is 31.9 Å². The van der Waals surface area contributed by atoms with Crippen LogP contribution in [0, 0.1) is 11.3 Å². The van der Waals surface area contributed by atoms with E-state index in [1.807, 2.05) is 6.07 Å². The van der Waals surface area contributed by atoms with Crippen LogP contribution in [0.3, 0.4) is 0 Å². The lowest BCUT2D eigenvalue weighted by Gasteiger charge is -2.31. The molecule has 3 N–H and O–H groups in total. The molecular formula is C18H22N4O4. The predicted molar refractivity (Wildman–Crippen MR) is 95.2 cm³/mol. The van der Waals surface area contributed by atoms with Gasteiger partial charge in [0.25, 0.3) is 5.91 Å². The smallest absolute Gasteiger partial charge is 0.409 e. The number of phenols is 1. The zero-order valence-corrected chi connectivity index (χ0v) is 14.6. The third-order valence-electron chi connectivity index (χ3n) is 4.00. The lowest BCUT2D eigenvalue weighted by molar-refractivity contribution is -0.112. The summed E-state index contributed by atoms with van der Waals surface area (Å²) in [6, 6.07) is 8.19. The van der Waals surface area contributed by atoms with Crippen molar-refractivity contribution in [2.45, 2.75) is 25.8 Å². The number of phenolic OH excluding ortho intramolecular Hbond substituents is 1. The highest BCUT2D eigenvalue weighted by atomic mass is 16.6. The van der Waals surface area contributed by atoms with Crippen molar-refractivity contribution in [1.82, 2.24) is 10.2 Å². The van der Waals surface area contributed by atoms with Crippen molar-refractivity contribution in [2.75, 3.05) is 25.0 Å². The highest BCUT2D eigenvalue weighted by Crippen LogP contribution is 2.22. The molecule has 8 heteroatoms. The van der Waals surface area contributed by atoms with Crippen LogP contribution in [0.25, 0.3) is 0 Å². The van der Waals surface area contributed by atoms with E-state index in [2.05, 4.69) is 10.6 Å². The first kappa shape index (κ1) is 19.1. The number of nitrogens with zero attached hydrogens (tertiary/aromatic N) is 2. The van der Waals surface area contributed by atoms with E-state index >= 15 is 0 Å². The molecular weight excluding hydrogens is 336 g/mol. The highest BCUT2D eigenvalue weighted by Gasteiger charge is 2.23. The fourth-order valence-electron chi connectivity index (χ4n) is 2.56. The third kappa shape index (κ3) is 5.14. The molecule has 0 unspecified atom stereocenters. The summed E-state index contributed by atoms with van der Waals surface area (Å²) in [6.45, 7) is 3.21. The second-order valence-corrected chi connectivity index (χ2v) is 5.77. The molecule has 1 saturated heterocycles. The van der Waals surface area contributed by atoms with Gasteiger partial charge in [0.05, 0.1) is 12.3 Å². The van der Waals surface area contributed by atoms with E-state index < -0.39 is 5.91 Å². The number of ether oxygens (including phenoxy) is 1. The van der Waals surface area contributed by atoms with Crippen LogP contribution < -0.4 is 10.6 Å². The molecule has 1 fully saturated rings. The van der Waals surface area contributed by atoms with E-state index in [4.69, 9.17) is 4.74 Å². The monoisotopic (exact) mass is 358 g/mol. The largest absolute Gasteiger partial charge is 0.506 e. The van der Waals surface area contributed by atoms with Gasteiger partial charge in [0, 0.05) is 25.3 Å². The summed E-state index contributed by atoms with van der Waals surface area (Å²) in [4.78, 5) is 25.5. The van der Waals surface area contributed by atoms with Gasteiger partial charge in [0.1, 0.15) is 17.4 Å². The Kier molecular flexibility index (Phi) is 6.85. The Bertz CT molecular complexity index is 718. The molecule has 0 aliphatic carbocycles. The number of carbonyl (C=O) groups excluding carboxylic acids is 2. The number of piperidine rings is 1. The number of carbonyl (C=O) groups is 2. The van der Waals surface area contributed by atoms with Crippen LogP contribution in [0.2, 0.25) is 0 Å². The van der Waals surface area contributed by atoms with E-state index in [-0.39, 0.29) is 29.1 Å². The number of amides is 2. The van der Waals surface area contributed by atoms with Gasteiger partial charge in [-0.1, -0.05) is 12.1 Å². The predicted octanol–water partition coefficient (Wildman–Crippen LogP) is 1.95. The molecule has 0 bridgehead atoms. The Hall–Kier alpha value is -3.21. The molecule has 2 amide bonds. The molecule has 1 aliphatic heterocycles. The summed E-state index contributed by atoms with van der Waals surface area (Å²) in [5.41, 5.74) is 0.141. The number of hydrogen-bond donors (Lipinski definition) is 3. The van der Waals surface area contributed by atoms with E-state index in [0.717, 1.165) is 0 Å². The summed E-state index contributed by atoms with van der Waals surface area (Å²) in [6.07, 6.45) is 2.44. The number of likely N-dealkylation sites (tertiary alicyclic amines) is 1. The first-order valence-electron chi connectivity index (χ1n) is 8.42. The zero-order chi connectivity index (χ0) is 18.9. The molecule has 138 valence electrons. The molecule has 1 aliphatic rings. The summed E-state index contributed by atoms with van der Waals surface area (Å²) >= 11 is 0. The van der Waals surface area contributed by atoms with Crippen molar-refractivity contribution in [3.63, 3.8) is 0 Å². The lowest BCUT2D eigenvalue weighted by Crippen LogP contribution is -2.44. The molecule has 1 heterocycles. The minimum atomic E-state index is -0.606. The number of aromatic hydroxyl groups is 1. The molecule has 1 aromatic rings. The van der Waals surface area contributed by atoms with Gasteiger partial charge in [0.2, 0.25) is 0 Å². The Morgan fingerprint density at radius 3 is 2.69 bits per heavy atom. The van der Waals surface area contributed by atoms with Crippen molar-refractivity contribution in [1.29, 1.82) is 5.26 Å². The SMILES string of the molecule is CCOC(=O)N1CCC(N/C=C(/C#N)C(=O)Nc2ccccc2O)CC1. The molecule has 0 spiro atoms. The molecule has 0 aromatic heterocycles. The van der Waals surface area contributed by atoms with Crippen molar-refractivity contribution >= 4 is 17.7 Å². The molecule has 26 heavy (non-hydrogen) atoms. The van der Waals surface area contributed by atoms with Gasteiger partial charge in [-0.3, -0.25) is 4.79 Å². The molecule has 0 radical (unpaired) electrons. The Morgan fingerprint density at radius 2 is 2.08 bits per heavy atom. The number of hydrogen-bond acceptors (Lipinski definition) is 6. The lowest BCUT2D eigenvalue weighted by atomic mass is 10.1. The zero-order valence-electron chi connectivity index (χ0n) is 14.6. The summed E-state index contributed by atoms with van der Waals surface area (Å²) in [5.74, 6) is -0.678. The fraction of sp³-hybridized carbons (Fsp3) is 0.389. The summed E-state index contributed by atoms with van der Waals surface area (Å²) in [7, 11) is 0. The van der Waals surface area contributed by atoms with Crippen molar-refractivity contribution in [3.8, 4) is 11.8 Å². The first-order chi connectivity index (χ1) is 12.5. The Morgan fingerprint density at radius 1 is 1.38 bits per heavy atom. The summed E-state index contributed by atoms with van der Waals surface area (Å²) < 4.78 is 4.97. The first-order valence-corrected chi connectivity index (χ1v) is 8.42. The third-order valence-corrected chi connectivity index (χ3v) is 4.00. The average molecular weight is 358 g/mol. The Balaban J connectivity index is 1.88. The molecule has 1 aromatic carbocycles. The van der Waals surface area contributed by atoms with Crippen LogP contribution in [0.5, 0.6) is 5.75 Å². The molecule has 0 atom stereocenters. The number of para-hydroxylation sites is 2. The van der Waals surface area contributed by atoms with Gasteiger partial charge in [-0.2, -0.15) is 5.26 Å². The van der Waals surface area contributed by atoms with Gasteiger partial charge < -0.3 is 25.4 Å². The van der Waals surface area contributed by atoms with Crippen LogP contribution in [0.4, 0.5) is 10.5 Å². The maximum atomic E-state index is 12.2. The molecule has 8 nitrogen and oxygen atoms in total. The number of anilines is 1. The number of nitriles is 1. The van der Waals surface area contributed by atoms with Crippen LogP contribution >= 0.6 is 0 Å². The average Bonchev–Trinajstić information content (AvgIpc) is 2.65. The van der Waals surface area contributed by atoms with E-state index in [1.54, 1.807) is 30.0 Å². The maximum absolute atomic E-state index is 12.2. The van der Waals surface area contributed by atoms with Crippen LogP contribution in [-0.4, -0.2) is 47.7 Å². The van der Waals surface area contributed by atoms with E-state index in [9.17, 15) is 20.0 Å². The molecule has 2 rings (SSSR count). The van der Waals surface area contributed by atoms with Crippen LogP contribution in [-0.2, 0) is 9.53 Å². The quantitative estimate of drug-likeness (QED) is 0.421. The van der Waals surface area contributed by atoms with Crippen molar-refractivity contribution in [2.24, 2.45) is 0 Å². The fourth-order valence-corrected chi connectivity index (χ4v) is 2.56. The van der Waals surface area contributed by atoms with Gasteiger partial charge in [-0.25, -0.2) is 4.79 Å². The normalized spacial score (nSPS) is 15.1. The molecule has 0 saturated carbocycles. The van der Waals surface area contributed by atoms with Crippen molar-refractivity contribution in [3.05, 3.63) is 36.0 Å². The highest BCUT2D eigenvalue weighted by molar-refractivity contribution is 6.07. The van der Waals surface area contributed by atoms with Crippen molar-refractivity contribution < 1.29 is 19.4 Å². The number of benzene rings is 1. The topological polar surface area (TPSA) is 115 Å². The van der Waals surface area contributed by atoms with Gasteiger partial charge in [-0.15, -0.1) is 0 Å². The van der Waals surface area contributed by atoms with Gasteiger partial charge in [0.15, 0.2) is 0 Å². The standard InChI is InChI=1S/C18H22N4O4/c1-2-26-18(25)22-9-7-14(8-10-22)20-12-13(11-19)17(24)21-15-5-3-4-6-16(15)23/h3-6,12,14,20,23H,2,7-10H2,1H3,(H,21,24)/b13-12-. The summed E-state index contributed by atoms with van der Waals surface area (Å²) in [5, 5.41) is 24.4. The van der Waals surface area contributed by atoms with E-state index in [0.29, 0.717) is 32.5 Å². The van der Waals surface area contributed by atoms with Gasteiger partial charge >= 0.3 is 6.09 Å². The minimum Gasteiger partial charge on any atom is -0.506 e. The van der Waals surface area contributed by atoms with Crippen LogP contribution in [0.1, 0.15) is 19.8 Å². The number of nitrogens with one attached hydrogen (secondary N) is 2. The second-order valence-electron chi connectivity index (χ2n) is 5.77. The Labute approximate surface area is 152 Å². The van der Waals surface area contributed by atoms with Crippen LogP contribution in [0.15, 0.2) is 36.0 Å². The maximum Gasteiger partial charge on any atom is 0.409 e. The van der Waals surface area contributed by atoms with E-state index in [1.165, 1.54) is 12.3 Å². The minimum absolute atomic E-state index is 0.0574. The number of rotatable bonds is 5. The second kappa shape index (κ2) is 9.32.